The zero-order chi connectivity index (χ0) is 11.4. The fraction of sp³-hybridized carbons (Fsp3) is 0.800. The van der Waals surface area contributed by atoms with Crippen molar-refractivity contribution < 1.29 is 19.8 Å². The smallest absolute Gasteiger partial charge is 0.303 e. The van der Waals surface area contributed by atoms with Crippen molar-refractivity contribution >= 4 is 25.4 Å². The van der Waals surface area contributed by atoms with Crippen molar-refractivity contribution in [2.75, 3.05) is 0 Å². The Balaban J connectivity index is -0.000000180. The Morgan fingerprint density at radius 1 is 0.867 bits per heavy atom. The molecule has 15 heavy (non-hydrogen) atoms. The summed E-state index contributed by atoms with van der Waals surface area (Å²) in [7, 11) is 0. The molecule has 0 aliphatic carbocycles. The van der Waals surface area contributed by atoms with Gasteiger partial charge in [-0.2, -0.15) is 13.5 Å². The van der Waals surface area contributed by atoms with Crippen LogP contribution in [0.25, 0.3) is 0 Å². The molecule has 0 rings (SSSR count). The van der Waals surface area contributed by atoms with E-state index >= 15 is 0 Å². The maximum Gasteiger partial charge on any atom is 0.303 e. The molecule has 0 aliphatic rings. The Labute approximate surface area is 98.1 Å². The molecular formula is C10H22O4S. The van der Waals surface area contributed by atoms with Gasteiger partial charge in [0.2, 0.25) is 0 Å². The van der Waals surface area contributed by atoms with Crippen LogP contribution < -0.4 is 0 Å². The Kier molecular flexibility index (Phi) is 20.8. The van der Waals surface area contributed by atoms with Crippen LogP contribution >= 0.6 is 13.5 Å². The molecule has 0 atom stereocenters. The average Bonchev–Trinajstić information content (AvgIpc) is 2.12. The van der Waals surface area contributed by atoms with E-state index in [1.54, 1.807) is 0 Å². The summed E-state index contributed by atoms with van der Waals surface area (Å²) >= 11 is 0. The molecule has 0 spiro atoms. The van der Waals surface area contributed by atoms with Crippen molar-refractivity contribution in [2.45, 2.75) is 52.4 Å². The minimum absolute atomic E-state index is 0. The van der Waals surface area contributed by atoms with Gasteiger partial charge >= 0.3 is 11.9 Å². The molecule has 0 aliphatic heterocycles. The summed E-state index contributed by atoms with van der Waals surface area (Å²) < 4.78 is 0. The van der Waals surface area contributed by atoms with E-state index in [2.05, 4.69) is 0 Å². The molecular weight excluding hydrogens is 216 g/mol. The summed E-state index contributed by atoms with van der Waals surface area (Å²) in [5, 5.41) is 16.1. The predicted molar refractivity (Wildman–Crippen MR) is 64.7 cm³/mol. The number of carboxylic acid groups (broad SMARTS) is 2. The van der Waals surface area contributed by atoms with Crippen LogP contribution in [-0.2, 0) is 9.59 Å². The van der Waals surface area contributed by atoms with Crippen molar-refractivity contribution in [3.63, 3.8) is 0 Å². The lowest BCUT2D eigenvalue weighted by Crippen LogP contribution is -1.91. The summed E-state index contributed by atoms with van der Waals surface area (Å²) in [4.78, 5) is 19.5. The fourth-order valence-corrected chi connectivity index (χ4v) is 0.656. The maximum absolute atomic E-state index is 9.76. The van der Waals surface area contributed by atoms with Crippen molar-refractivity contribution in [2.24, 2.45) is 0 Å². The summed E-state index contributed by atoms with van der Waals surface area (Å²) in [6.07, 6.45) is 4.16. The zero-order valence-electron chi connectivity index (χ0n) is 9.45. The van der Waals surface area contributed by atoms with E-state index in [1.165, 1.54) is 0 Å². The molecule has 0 saturated heterocycles. The molecule has 0 aromatic carbocycles. The first kappa shape index (κ1) is 19.8. The molecule has 92 valence electrons. The van der Waals surface area contributed by atoms with Gasteiger partial charge < -0.3 is 10.2 Å². The number of hydrogen-bond acceptors (Lipinski definition) is 2. The number of carboxylic acids is 2. The molecule has 0 saturated carbocycles. The van der Waals surface area contributed by atoms with Crippen LogP contribution in [0.2, 0.25) is 0 Å². The first-order valence-corrected chi connectivity index (χ1v) is 4.98. The topological polar surface area (TPSA) is 74.6 Å². The lowest BCUT2D eigenvalue weighted by molar-refractivity contribution is -0.138. The Hall–Kier alpha value is -0.710. The molecule has 0 amide bonds. The highest BCUT2D eigenvalue weighted by atomic mass is 32.1. The van der Waals surface area contributed by atoms with Crippen molar-refractivity contribution in [1.29, 1.82) is 0 Å². The van der Waals surface area contributed by atoms with E-state index in [-0.39, 0.29) is 13.5 Å². The maximum atomic E-state index is 9.76. The van der Waals surface area contributed by atoms with E-state index in [0.29, 0.717) is 12.8 Å². The second-order valence-electron chi connectivity index (χ2n) is 2.99. The largest absolute Gasteiger partial charge is 0.481 e. The molecule has 0 heterocycles. The predicted octanol–water partition coefficient (Wildman–Crippen LogP) is 2.64. The normalized spacial score (nSPS) is 8.13. The van der Waals surface area contributed by atoms with Gasteiger partial charge in [-0.3, -0.25) is 9.59 Å². The molecule has 2 N–H and O–H groups in total. The highest BCUT2D eigenvalue weighted by Gasteiger charge is 1.91. The lowest BCUT2D eigenvalue weighted by Gasteiger charge is -1.85. The van der Waals surface area contributed by atoms with Gasteiger partial charge in [-0.15, -0.1) is 0 Å². The van der Waals surface area contributed by atoms with Crippen LogP contribution in [0.5, 0.6) is 0 Å². The van der Waals surface area contributed by atoms with E-state index in [9.17, 15) is 9.59 Å². The third-order valence-electron chi connectivity index (χ3n) is 1.49. The van der Waals surface area contributed by atoms with Gasteiger partial charge in [0.15, 0.2) is 0 Å². The highest BCUT2D eigenvalue weighted by molar-refractivity contribution is 7.59. The second-order valence-corrected chi connectivity index (χ2v) is 2.99. The minimum atomic E-state index is -0.693. The quantitative estimate of drug-likeness (QED) is 0.746. The van der Waals surface area contributed by atoms with Gasteiger partial charge in [-0.25, -0.2) is 0 Å². The number of aliphatic carboxylic acids is 2. The fourth-order valence-electron chi connectivity index (χ4n) is 0.656. The van der Waals surface area contributed by atoms with E-state index < -0.39 is 11.9 Å². The Morgan fingerprint density at radius 2 is 1.13 bits per heavy atom. The van der Waals surface area contributed by atoms with Crippen LogP contribution in [0.15, 0.2) is 0 Å². The summed E-state index contributed by atoms with van der Waals surface area (Å²) in [6, 6.07) is 0. The summed E-state index contributed by atoms with van der Waals surface area (Å²) in [6.45, 7) is 3.95. The first-order chi connectivity index (χ1) is 6.54. The summed E-state index contributed by atoms with van der Waals surface area (Å²) in [5.74, 6) is -1.39. The number of unbranched alkanes of at least 4 members (excludes halogenated alkanes) is 2. The van der Waals surface area contributed by atoms with E-state index in [0.717, 1.165) is 25.7 Å². The number of carbonyl (C=O) groups is 2. The Morgan fingerprint density at radius 3 is 1.20 bits per heavy atom. The van der Waals surface area contributed by atoms with Crippen LogP contribution in [-0.4, -0.2) is 22.2 Å². The van der Waals surface area contributed by atoms with Gasteiger partial charge in [-0.1, -0.05) is 26.7 Å². The van der Waals surface area contributed by atoms with Gasteiger partial charge in [0.1, 0.15) is 0 Å². The number of hydrogen-bond donors (Lipinski definition) is 2. The number of rotatable bonds is 6. The van der Waals surface area contributed by atoms with E-state index in [4.69, 9.17) is 10.2 Å². The van der Waals surface area contributed by atoms with E-state index in [1.807, 2.05) is 13.8 Å². The van der Waals surface area contributed by atoms with Gasteiger partial charge in [0.05, 0.1) is 0 Å². The van der Waals surface area contributed by atoms with Gasteiger partial charge in [0.25, 0.3) is 0 Å². The third-order valence-corrected chi connectivity index (χ3v) is 1.49. The molecule has 0 radical (unpaired) electrons. The second kappa shape index (κ2) is 15.7. The molecule has 0 bridgehead atoms. The standard InChI is InChI=1S/2C5H10O2.H2S/c2*1-2-3-4-5(6)7;/h2*2-4H2,1H3,(H,6,7);1H2. The monoisotopic (exact) mass is 238 g/mol. The SMILES string of the molecule is CCCCC(=O)O.CCCCC(=O)O.S. The lowest BCUT2D eigenvalue weighted by atomic mass is 10.3. The molecule has 0 aromatic heterocycles. The van der Waals surface area contributed by atoms with Crippen LogP contribution in [0.3, 0.4) is 0 Å². The molecule has 4 nitrogen and oxygen atoms in total. The van der Waals surface area contributed by atoms with Crippen LogP contribution in [0.1, 0.15) is 52.4 Å². The molecule has 0 fully saturated rings. The Bertz CT molecular complexity index is 142. The third kappa shape index (κ3) is 31.9. The van der Waals surface area contributed by atoms with Gasteiger partial charge in [-0.05, 0) is 12.8 Å². The van der Waals surface area contributed by atoms with Gasteiger partial charge in [0, 0.05) is 12.8 Å². The highest BCUT2D eigenvalue weighted by Crippen LogP contribution is 1.91. The first-order valence-electron chi connectivity index (χ1n) is 4.98. The van der Waals surface area contributed by atoms with Crippen molar-refractivity contribution in [3.05, 3.63) is 0 Å². The molecule has 5 heteroatoms. The molecule has 0 unspecified atom stereocenters. The van der Waals surface area contributed by atoms with Crippen molar-refractivity contribution in [3.8, 4) is 0 Å². The van der Waals surface area contributed by atoms with Crippen molar-refractivity contribution in [1.82, 2.24) is 0 Å². The summed E-state index contributed by atoms with van der Waals surface area (Å²) in [5.41, 5.74) is 0. The zero-order valence-corrected chi connectivity index (χ0v) is 10.5. The minimum Gasteiger partial charge on any atom is -0.481 e. The van der Waals surface area contributed by atoms with Crippen LogP contribution in [0.4, 0.5) is 0 Å². The molecule has 0 aromatic rings. The average molecular weight is 238 g/mol. The van der Waals surface area contributed by atoms with Crippen LogP contribution in [0, 0.1) is 0 Å².